The number of aliphatic hydroxyl groups excluding tert-OH is 1. The highest BCUT2D eigenvalue weighted by Gasteiger charge is 2.84. The maximum absolute atomic E-state index is 12.6. The molecule has 2 N–H and O–H groups in total. The molecule has 14 atom stereocenters. The zero-order chi connectivity index (χ0) is 33.2. The van der Waals surface area contributed by atoms with Crippen molar-refractivity contribution >= 4 is 0 Å². The van der Waals surface area contributed by atoms with Crippen LogP contribution in [0, 0.1) is 50.7 Å². The second-order valence-corrected chi connectivity index (χ2v) is 19.1. The van der Waals surface area contributed by atoms with Crippen molar-refractivity contribution in [1.29, 1.82) is 0 Å². The van der Waals surface area contributed by atoms with Crippen LogP contribution in [-0.4, -0.2) is 89.9 Å². The normalized spacial score (nSPS) is 52.2. The van der Waals surface area contributed by atoms with E-state index in [2.05, 4.69) is 53.4 Å². The third-order valence-corrected chi connectivity index (χ3v) is 16.3. The van der Waals surface area contributed by atoms with Crippen molar-refractivity contribution in [3.63, 3.8) is 0 Å². The van der Waals surface area contributed by atoms with E-state index in [-0.39, 0.29) is 40.8 Å². The van der Waals surface area contributed by atoms with Crippen LogP contribution in [0.15, 0.2) is 0 Å². The van der Waals surface area contributed by atoms with Gasteiger partial charge < -0.3 is 29.2 Å². The monoisotopic (exact) mass is 645 g/mol. The number of aliphatic hydroxyl groups is 2. The lowest BCUT2D eigenvalue weighted by atomic mass is 9.41. The molecule has 7 rings (SSSR count). The Kier molecular flexibility index (Phi) is 8.25. The van der Waals surface area contributed by atoms with Gasteiger partial charge in [0.15, 0.2) is 6.29 Å². The van der Waals surface area contributed by atoms with Gasteiger partial charge >= 0.3 is 0 Å². The van der Waals surface area contributed by atoms with E-state index < -0.39 is 17.8 Å². The van der Waals surface area contributed by atoms with Gasteiger partial charge in [-0.1, -0.05) is 34.6 Å². The Balaban J connectivity index is 1.13. The van der Waals surface area contributed by atoms with Crippen LogP contribution in [0.25, 0.3) is 0 Å². The molecule has 0 aromatic carbocycles. The van der Waals surface area contributed by atoms with E-state index in [9.17, 15) is 10.2 Å². The largest absolute Gasteiger partial charge is 0.390 e. The van der Waals surface area contributed by atoms with Crippen molar-refractivity contribution in [2.45, 2.75) is 169 Å². The Hall–Kier alpha value is -0.280. The Morgan fingerprint density at radius 1 is 1.00 bits per heavy atom. The molecule has 46 heavy (non-hydrogen) atoms. The van der Waals surface area contributed by atoms with Gasteiger partial charge in [0.05, 0.1) is 36.6 Å². The van der Waals surface area contributed by atoms with E-state index in [4.69, 9.17) is 18.9 Å². The first-order valence-corrected chi connectivity index (χ1v) is 19.2. The van der Waals surface area contributed by atoms with Crippen molar-refractivity contribution in [2.24, 2.45) is 50.7 Å². The summed E-state index contributed by atoms with van der Waals surface area (Å²) in [4.78, 5) is 2.49. The van der Waals surface area contributed by atoms with Gasteiger partial charge in [-0.05, 0) is 131 Å². The summed E-state index contributed by atoms with van der Waals surface area (Å²) >= 11 is 0. The second-order valence-electron chi connectivity index (χ2n) is 19.1. The van der Waals surface area contributed by atoms with E-state index in [1.807, 2.05) is 20.8 Å². The average molecular weight is 646 g/mol. The lowest BCUT2D eigenvalue weighted by Crippen LogP contribution is -2.60. The summed E-state index contributed by atoms with van der Waals surface area (Å²) in [6.07, 6.45) is 8.17. The lowest BCUT2D eigenvalue weighted by Gasteiger charge is -2.64. The Bertz CT molecular complexity index is 1150. The van der Waals surface area contributed by atoms with Crippen molar-refractivity contribution in [2.75, 3.05) is 26.3 Å². The Labute approximate surface area is 279 Å². The first kappa shape index (κ1) is 34.2. The standard InChI is InChI=1S/C39H67NO6/c1-11-43-33(35(7,8)42)25-20-24(4)30-31(45-25)32(41)37(10)27-13-12-26-34(5,6)28(46-29-21-40(23(2)3)18-19-44-29)14-15-38(26)22-39(27,38)17-16-36(30,37)9/h23-33,41-42H,11-22H2,1-10H3. The molecule has 7 nitrogen and oxygen atoms in total. The number of rotatable bonds is 7. The van der Waals surface area contributed by atoms with Gasteiger partial charge in [-0.3, -0.25) is 4.90 Å². The summed E-state index contributed by atoms with van der Waals surface area (Å²) in [6, 6.07) is 0.513. The minimum absolute atomic E-state index is 0.0281. The molecule has 14 unspecified atom stereocenters. The van der Waals surface area contributed by atoms with Crippen molar-refractivity contribution in [3.05, 3.63) is 0 Å². The minimum Gasteiger partial charge on any atom is -0.390 e. The topological polar surface area (TPSA) is 80.6 Å². The van der Waals surface area contributed by atoms with Crippen LogP contribution in [-0.2, 0) is 18.9 Å². The predicted molar refractivity (Wildman–Crippen MR) is 179 cm³/mol. The van der Waals surface area contributed by atoms with E-state index >= 15 is 0 Å². The van der Waals surface area contributed by atoms with Crippen LogP contribution < -0.4 is 0 Å². The number of hydrogen-bond donors (Lipinski definition) is 2. The number of morpholine rings is 1. The van der Waals surface area contributed by atoms with Crippen LogP contribution in [0.3, 0.4) is 0 Å². The summed E-state index contributed by atoms with van der Waals surface area (Å²) in [7, 11) is 0. The van der Waals surface area contributed by atoms with Gasteiger partial charge in [0, 0.05) is 31.2 Å². The molecule has 2 saturated heterocycles. The van der Waals surface area contributed by atoms with Gasteiger partial charge in [-0.25, -0.2) is 0 Å². The van der Waals surface area contributed by atoms with E-state index in [0.717, 1.165) is 32.5 Å². The SMILES string of the molecule is CCOC(C1CC(C)C2C(O1)C(O)C1(C)C3CCC4C(C)(C)C(OC5CN(C(C)C)CCO5)CCC45CC35CCC21C)C(C)(C)O. The summed E-state index contributed by atoms with van der Waals surface area (Å²) < 4.78 is 26.2. The zero-order valence-electron chi connectivity index (χ0n) is 30.8. The smallest absolute Gasteiger partial charge is 0.170 e. The van der Waals surface area contributed by atoms with Gasteiger partial charge in [-0.2, -0.15) is 0 Å². The van der Waals surface area contributed by atoms with Crippen LogP contribution in [0.1, 0.15) is 121 Å². The highest BCUT2D eigenvalue weighted by Crippen LogP contribution is 2.89. The Morgan fingerprint density at radius 3 is 2.37 bits per heavy atom. The summed E-state index contributed by atoms with van der Waals surface area (Å²) in [5.41, 5.74) is -0.393. The maximum atomic E-state index is 12.6. The summed E-state index contributed by atoms with van der Waals surface area (Å²) in [5, 5.41) is 23.6. The number of nitrogens with zero attached hydrogens (tertiary/aromatic N) is 1. The van der Waals surface area contributed by atoms with Crippen LogP contribution in [0.5, 0.6) is 0 Å². The third-order valence-electron chi connectivity index (χ3n) is 16.3. The fourth-order valence-corrected chi connectivity index (χ4v) is 14.1. The fourth-order valence-electron chi connectivity index (χ4n) is 14.1. The van der Waals surface area contributed by atoms with Gasteiger partial charge in [0.2, 0.25) is 0 Å². The average Bonchev–Trinajstić information content (AvgIpc) is 3.61. The maximum Gasteiger partial charge on any atom is 0.170 e. The molecule has 0 aromatic heterocycles. The molecule has 2 heterocycles. The molecular formula is C39H67NO6. The van der Waals surface area contributed by atoms with Gasteiger partial charge in [-0.15, -0.1) is 0 Å². The molecule has 7 heteroatoms. The summed E-state index contributed by atoms with van der Waals surface area (Å²) in [5.74, 6) is 1.87. The molecule has 0 bridgehead atoms. The van der Waals surface area contributed by atoms with E-state index in [1.54, 1.807) is 0 Å². The molecule has 5 aliphatic carbocycles. The van der Waals surface area contributed by atoms with E-state index in [1.165, 1.54) is 38.5 Å². The molecule has 2 aliphatic heterocycles. The quantitative estimate of drug-likeness (QED) is 0.331. The van der Waals surface area contributed by atoms with Crippen molar-refractivity contribution in [1.82, 2.24) is 4.90 Å². The lowest BCUT2D eigenvalue weighted by molar-refractivity contribution is -0.250. The molecule has 0 amide bonds. The second kappa shape index (κ2) is 11.1. The first-order valence-electron chi connectivity index (χ1n) is 19.2. The van der Waals surface area contributed by atoms with Gasteiger partial charge in [0.25, 0.3) is 0 Å². The number of fused-ring (bicyclic) bond motifs is 4. The third kappa shape index (κ3) is 4.53. The molecule has 7 aliphatic rings. The highest BCUT2D eigenvalue weighted by atomic mass is 16.7. The molecule has 7 fully saturated rings. The molecular weight excluding hydrogens is 578 g/mol. The molecule has 5 saturated carbocycles. The zero-order valence-corrected chi connectivity index (χ0v) is 30.8. The number of hydrogen-bond acceptors (Lipinski definition) is 7. The van der Waals surface area contributed by atoms with Crippen molar-refractivity contribution < 1.29 is 29.2 Å². The minimum atomic E-state index is -1.01. The van der Waals surface area contributed by atoms with Crippen LogP contribution in [0.4, 0.5) is 0 Å². The highest BCUT2D eigenvalue weighted by molar-refractivity contribution is 5.33. The fraction of sp³-hybridized carbons (Fsp3) is 1.00. The number of ether oxygens (including phenoxy) is 4. The molecule has 264 valence electrons. The molecule has 0 aromatic rings. The van der Waals surface area contributed by atoms with Crippen LogP contribution in [0.2, 0.25) is 0 Å². The summed E-state index contributed by atoms with van der Waals surface area (Å²) in [6.45, 7) is 25.7. The molecule has 0 radical (unpaired) electrons. The van der Waals surface area contributed by atoms with Crippen LogP contribution >= 0.6 is 0 Å². The van der Waals surface area contributed by atoms with E-state index in [0.29, 0.717) is 47.2 Å². The van der Waals surface area contributed by atoms with Gasteiger partial charge in [0.1, 0.15) is 6.10 Å². The van der Waals surface area contributed by atoms with Crippen molar-refractivity contribution in [3.8, 4) is 0 Å². The molecule has 2 spiro atoms. The first-order chi connectivity index (χ1) is 21.5. The Morgan fingerprint density at radius 2 is 1.70 bits per heavy atom. The predicted octanol–water partition coefficient (Wildman–Crippen LogP) is 6.43.